The summed E-state index contributed by atoms with van der Waals surface area (Å²) in [5, 5.41) is 20.0. The number of nitriles is 1. The lowest BCUT2D eigenvalue weighted by molar-refractivity contribution is -0.139. The molecule has 0 spiro atoms. The summed E-state index contributed by atoms with van der Waals surface area (Å²) in [6, 6.07) is 3.80. The lowest BCUT2D eigenvalue weighted by atomic mass is 10.2. The standard InChI is InChI=1S/C12H13N3O3S/c1-19-5-4-10(12(17)18)15-11(16)9-3-2-8(6-13)7-14-9/h2-3,7,10H,4-5H2,1H3,(H,15,16)(H,17,18)/t10-/m1/s1. The monoisotopic (exact) mass is 279 g/mol. The van der Waals surface area contributed by atoms with Crippen LogP contribution >= 0.6 is 11.8 Å². The van der Waals surface area contributed by atoms with Gasteiger partial charge >= 0.3 is 5.97 Å². The molecule has 1 atom stereocenters. The Morgan fingerprint density at radius 1 is 1.58 bits per heavy atom. The lowest BCUT2D eigenvalue weighted by Crippen LogP contribution is -2.41. The summed E-state index contributed by atoms with van der Waals surface area (Å²) in [4.78, 5) is 26.6. The van der Waals surface area contributed by atoms with Crippen LogP contribution in [0.3, 0.4) is 0 Å². The molecule has 0 bridgehead atoms. The van der Waals surface area contributed by atoms with Crippen molar-refractivity contribution < 1.29 is 14.7 Å². The van der Waals surface area contributed by atoms with Gasteiger partial charge in [0.15, 0.2) is 0 Å². The van der Waals surface area contributed by atoms with Gasteiger partial charge in [0, 0.05) is 6.20 Å². The van der Waals surface area contributed by atoms with E-state index in [1.54, 1.807) is 0 Å². The number of nitrogens with zero attached hydrogens (tertiary/aromatic N) is 2. The zero-order chi connectivity index (χ0) is 14.3. The molecule has 0 fully saturated rings. The Morgan fingerprint density at radius 3 is 2.79 bits per heavy atom. The van der Waals surface area contributed by atoms with Crippen LogP contribution in [0.15, 0.2) is 18.3 Å². The molecule has 6 nitrogen and oxygen atoms in total. The summed E-state index contributed by atoms with van der Waals surface area (Å²) < 4.78 is 0. The van der Waals surface area contributed by atoms with Crippen LogP contribution in [0.2, 0.25) is 0 Å². The first kappa shape index (κ1) is 15.0. The Kier molecular flexibility index (Phi) is 5.82. The molecule has 2 N–H and O–H groups in total. The van der Waals surface area contributed by atoms with E-state index in [0.717, 1.165) is 0 Å². The second-order valence-corrected chi connectivity index (χ2v) is 4.68. The number of amides is 1. The summed E-state index contributed by atoms with van der Waals surface area (Å²) >= 11 is 1.51. The highest BCUT2D eigenvalue weighted by molar-refractivity contribution is 7.98. The fourth-order valence-electron chi connectivity index (χ4n) is 1.32. The maximum absolute atomic E-state index is 11.8. The Bertz CT molecular complexity index is 496. The molecule has 1 heterocycles. The van der Waals surface area contributed by atoms with Gasteiger partial charge in [-0.15, -0.1) is 0 Å². The van der Waals surface area contributed by atoms with E-state index in [-0.39, 0.29) is 5.69 Å². The highest BCUT2D eigenvalue weighted by atomic mass is 32.2. The van der Waals surface area contributed by atoms with E-state index >= 15 is 0 Å². The molecule has 0 aliphatic carbocycles. The summed E-state index contributed by atoms with van der Waals surface area (Å²) in [6.07, 6.45) is 3.48. The van der Waals surface area contributed by atoms with E-state index in [2.05, 4.69) is 10.3 Å². The number of hydrogen-bond acceptors (Lipinski definition) is 5. The largest absolute Gasteiger partial charge is 0.480 e. The van der Waals surface area contributed by atoms with Crippen LogP contribution in [0.25, 0.3) is 0 Å². The Hall–Kier alpha value is -2.07. The van der Waals surface area contributed by atoms with Crippen molar-refractivity contribution in [2.45, 2.75) is 12.5 Å². The quantitative estimate of drug-likeness (QED) is 0.801. The van der Waals surface area contributed by atoms with Crippen molar-refractivity contribution in [1.29, 1.82) is 5.26 Å². The summed E-state index contributed by atoms with van der Waals surface area (Å²) in [5.41, 5.74) is 0.433. The van der Waals surface area contributed by atoms with Crippen molar-refractivity contribution in [3.8, 4) is 6.07 Å². The number of aromatic nitrogens is 1. The highest BCUT2D eigenvalue weighted by Gasteiger charge is 2.20. The third-order valence-corrected chi connectivity index (χ3v) is 2.98. The fourth-order valence-corrected chi connectivity index (χ4v) is 1.79. The van der Waals surface area contributed by atoms with E-state index in [9.17, 15) is 9.59 Å². The number of carboxylic acid groups (broad SMARTS) is 1. The van der Waals surface area contributed by atoms with Gasteiger partial charge < -0.3 is 10.4 Å². The van der Waals surface area contributed by atoms with Crippen LogP contribution in [0.4, 0.5) is 0 Å². The average molecular weight is 279 g/mol. The second-order valence-electron chi connectivity index (χ2n) is 3.69. The molecule has 100 valence electrons. The number of hydrogen-bond donors (Lipinski definition) is 2. The molecule has 0 saturated carbocycles. The Morgan fingerprint density at radius 2 is 2.32 bits per heavy atom. The predicted octanol–water partition coefficient (Wildman–Crippen LogP) is 0.889. The molecule has 7 heteroatoms. The van der Waals surface area contributed by atoms with Crippen LogP contribution < -0.4 is 5.32 Å². The van der Waals surface area contributed by atoms with Gasteiger partial charge in [-0.2, -0.15) is 17.0 Å². The number of rotatable bonds is 6. The number of aliphatic carboxylic acids is 1. The fraction of sp³-hybridized carbons (Fsp3) is 0.333. The van der Waals surface area contributed by atoms with Crippen LogP contribution in [-0.2, 0) is 4.79 Å². The normalized spacial score (nSPS) is 11.4. The molecule has 0 saturated heterocycles. The van der Waals surface area contributed by atoms with E-state index in [4.69, 9.17) is 10.4 Å². The van der Waals surface area contributed by atoms with Gasteiger partial charge in [-0.25, -0.2) is 9.78 Å². The first-order valence-electron chi connectivity index (χ1n) is 5.47. The van der Waals surface area contributed by atoms with Gasteiger partial charge in [0.05, 0.1) is 5.56 Å². The Balaban J connectivity index is 2.70. The van der Waals surface area contributed by atoms with Gasteiger partial charge in [0.25, 0.3) is 5.91 Å². The number of pyridine rings is 1. The van der Waals surface area contributed by atoms with E-state index in [1.807, 2.05) is 12.3 Å². The van der Waals surface area contributed by atoms with Gasteiger partial charge in [-0.3, -0.25) is 4.79 Å². The van der Waals surface area contributed by atoms with Crippen molar-refractivity contribution in [2.75, 3.05) is 12.0 Å². The third kappa shape index (κ3) is 4.60. The Labute approximate surface area is 114 Å². The van der Waals surface area contributed by atoms with Crippen LogP contribution in [0.5, 0.6) is 0 Å². The molecule has 0 radical (unpaired) electrons. The minimum Gasteiger partial charge on any atom is -0.480 e. The van der Waals surface area contributed by atoms with Crippen molar-refractivity contribution in [1.82, 2.24) is 10.3 Å². The molecular formula is C12H13N3O3S. The zero-order valence-electron chi connectivity index (χ0n) is 10.3. The minimum absolute atomic E-state index is 0.0920. The first-order chi connectivity index (χ1) is 9.08. The summed E-state index contributed by atoms with van der Waals surface area (Å²) in [7, 11) is 0. The molecule has 19 heavy (non-hydrogen) atoms. The summed E-state index contributed by atoms with van der Waals surface area (Å²) in [6.45, 7) is 0. The maximum Gasteiger partial charge on any atom is 0.326 e. The van der Waals surface area contributed by atoms with Crippen molar-refractivity contribution in [3.05, 3.63) is 29.6 Å². The molecule has 1 rings (SSSR count). The predicted molar refractivity (Wildman–Crippen MR) is 70.8 cm³/mol. The van der Waals surface area contributed by atoms with Crippen LogP contribution in [0.1, 0.15) is 22.5 Å². The molecule has 1 aromatic heterocycles. The van der Waals surface area contributed by atoms with Gasteiger partial charge in [0.2, 0.25) is 0 Å². The second kappa shape index (κ2) is 7.38. The number of carbonyl (C=O) groups excluding carboxylic acids is 1. The zero-order valence-corrected chi connectivity index (χ0v) is 11.1. The molecular weight excluding hydrogens is 266 g/mol. The molecule has 1 aromatic rings. The van der Waals surface area contributed by atoms with E-state index in [1.165, 1.54) is 30.1 Å². The average Bonchev–Trinajstić information content (AvgIpc) is 2.43. The van der Waals surface area contributed by atoms with Gasteiger partial charge in [0.1, 0.15) is 17.8 Å². The minimum atomic E-state index is -1.07. The molecule has 1 amide bonds. The van der Waals surface area contributed by atoms with Crippen molar-refractivity contribution in [3.63, 3.8) is 0 Å². The number of carboxylic acids is 1. The third-order valence-electron chi connectivity index (χ3n) is 2.34. The van der Waals surface area contributed by atoms with Crippen LogP contribution in [0, 0.1) is 11.3 Å². The molecule has 0 aromatic carbocycles. The van der Waals surface area contributed by atoms with Crippen molar-refractivity contribution in [2.24, 2.45) is 0 Å². The maximum atomic E-state index is 11.8. The highest BCUT2D eigenvalue weighted by Crippen LogP contribution is 2.03. The molecule has 0 aliphatic rings. The van der Waals surface area contributed by atoms with E-state index < -0.39 is 17.9 Å². The van der Waals surface area contributed by atoms with Crippen molar-refractivity contribution >= 4 is 23.6 Å². The van der Waals surface area contributed by atoms with Gasteiger partial charge in [-0.05, 0) is 30.6 Å². The number of nitrogens with one attached hydrogen (secondary N) is 1. The lowest BCUT2D eigenvalue weighted by Gasteiger charge is -2.13. The molecule has 0 unspecified atom stereocenters. The number of thioether (sulfide) groups is 1. The van der Waals surface area contributed by atoms with Crippen LogP contribution in [-0.4, -0.2) is 40.0 Å². The smallest absolute Gasteiger partial charge is 0.326 e. The first-order valence-corrected chi connectivity index (χ1v) is 6.86. The topological polar surface area (TPSA) is 103 Å². The summed E-state index contributed by atoms with van der Waals surface area (Å²) in [5.74, 6) is -0.994. The van der Waals surface area contributed by atoms with Gasteiger partial charge in [-0.1, -0.05) is 0 Å². The SMILES string of the molecule is CSCC[C@@H](NC(=O)c1ccc(C#N)cn1)C(=O)O. The molecule has 0 aliphatic heterocycles. The van der Waals surface area contributed by atoms with E-state index in [0.29, 0.717) is 17.7 Å². The number of carbonyl (C=O) groups is 2.